The van der Waals surface area contributed by atoms with Crippen molar-refractivity contribution in [1.29, 1.82) is 0 Å². The van der Waals surface area contributed by atoms with Crippen molar-refractivity contribution in [3.05, 3.63) is 0 Å². The molecule has 17 heavy (non-hydrogen) atoms. The lowest BCUT2D eigenvalue weighted by molar-refractivity contribution is -0.155. The maximum atomic E-state index is 12.0. The fraction of sp³-hybridized carbons (Fsp3) is 0.571. The number of aliphatic carboxylic acids is 1. The number of hydrogen-bond donors (Lipinski definition) is 3. The van der Waals surface area contributed by atoms with Crippen LogP contribution in [0.2, 0.25) is 0 Å². The van der Waals surface area contributed by atoms with E-state index in [1.54, 1.807) is 0 Å². The van der Waals surface area contributed by atoms with Crippen LogP contribution in [0.15, 0.2) is 0 Å². The van der Waals surface area contributed by atoms with Crippen molar-refractivity contribution in [3.63, 3.8) is 0 Å². The third-order valence-electron chi connectivity index (χ3n) is 1.39. The Balaban J connectivity index is 4.43. The number of alkyl halides is 3. The number of carboxylic acid groups (broad SMARTS) is 1. The van der Waals surface area contributed by atoms with Gasteiger partial charge < -0.3 is 10.8 Å². The molecule has 7 nitrogen and oxygen atoms in total. The number of primary amides is 1. The number of hydrogen-bond acceptors (Lipinski definition) is 4. The Morgan fingerprint density at radius 2 is 1.76 bits per heavy atom. The number of carbonyl (C=O) groups is 3. The van der Waals surface area contributed by atoms with Crippen LogP contribution in [0.4, 0.5) is 18.0 Å². The fourth-order valence-electron chi connectivity index (χ4n) is 0.993. The average molecular weight is 257 g/mol. The standard InChI is InChI=1S/C7H10F3N3O4/c8-7(9,10)3-13(2-5(15)16)1-4(14)12-6(11)17/h1-3H2,(H,15,16)(H3,11,12,14,17). The molecule has 0 saturated heterocycles. The number of amides is 3. The molecule has 0 aromatic heterocycles. The van der Waals surface area contributed by atoms with E-state index < -0.39 is 43.7 Å². The molecule has 0 aromatic rings. The van der Waals surface area contributed by atoms with E-state index >= 15 is 0 Å². The summed E-state index contributed by atoms with van der Waals surface area (Å²) in [5, 5.41) is 9.87. The Hall–Kier alpha value is -1.84. The second-order valence-electron chi connectivity index (χ2n) is 3.07. The quantitative estimate of drug-likeness (QED) is 0.592. The lowest BCUT2D eigenvalue weighted by atomic mass is 10.4. The van der Waals surface area contributed by atoms with E-state index in [9.17, 15) is 27.6 Å². The van der Waals surface area contributed by atoms with Crippen LogP contribution >= 0.6 is 0 Å². The van der Waals surface area contributed by atoms with Gasteiger partial charge in [-0.3, -0.25) is 19.8 Å². The summed E-state index contributed by atoms with van der Waals surface area (Å²) in [5.74, 6) is -2.64. The summed E-state index contributed by atoms with van der Waals surface area (Å²) in [6, 6.07) is -1.22. The van der Waals surface area contributed by atoms with Crippen LogP contribution in [0.3, 0.4) is 0 Å². The second-order valence-corrected chi connectivity index (χ2v) is 3.07. The van der Waals surface area contributed by atoms with Crippen LogP contribution < -0.4 is 11.1 Å². The molecule has 0 unspecified atom stereocenters. The number of imide groups is 1. The van der Waals surface area contributed by atoms with Crippen molar-refractivity contribution in [3.8, 4) is 0 Å². The number of halogens is 3. The first-order valence-electron chi connectivity index (χ1n) is 4.20. The molecule has 98 valence electrons. The minimum Gasteiger partial charge on any atom is -0.480 e. The third-order valence-corrected chi connectivity index (χ3v) is 1.39. The van der Waals surface area contributed by atoms with Gasteiger partial charge in [0.15, 0.2) is 0 Å². The highest BCUT2D eigenvalue weighted by atomic mass is 19.4. The largest absolute Gasteiger partial charge is 0.480 e. The molecule has 0 rings (SSSR count). The lowest BCUT2D eigenvalue weighted by Gasteiger charge is -2.20. The van der Waals surface area contributed by atoms with Crippen LogP contribution in [0.5, 0.6) is 0 Å². The zero-order valence-electron chi connectivity index (χ0n) is 8.45. The van der Waals surface area contributed by atoms with Gasteiger partial charge in [-0.1, -0.05) is 0 Å². The highest BCUT2D eigenvalue weighted by Crippen LogP contribution is 2.15. The minimum absolute atomic E-state index is 0.320. The van der Waals surface area contributed by atoms with Gasteiger partial charge in [-0.2, -0.15) is 13.2 Å². The smallest absolute Gasteiger partial charge is 0.401 e. The molecule has 0 aromatic carbocycles. The Kier molecular flexibility index (Phi) is 5.38. The Morgan fingerprint density at radius 1 is 1.24 bits per heavy atom. The van der Waals surface area contributed by atoms with Crippen molar-refractivity contribution in [1.82, 2.24) is 10.2 Å². The average Bonchev–Trinajstić information content (AvgIpc) is 1.95. The van der Waals surface area contributed by atoms with Gasteiger partial charge in [0, 0.05) is 0 Å². The molecular weight excluding hydrogens is 247 g/mol. The number of nitrogens with zero attached hydrogens (tertiary/aromatic N) is 1. The zero-order chi connectivity index (χ0) is 13.6. The first-order valence-corrected chi connectivity index (χ1v) is 4.20. The highest BCUT2D eigenvalue weighted by Gasteiger charge is 2.32. The second kappa shape index (κ2) is 6.03. The number of urea groups is 1. The monoisotopic (exact) mass is 257 g/mol. The van der Waals surface area contributed by atoms with Crippen LogP contribution in [0.25, 0.3) is 0 Å². The summed E-state index contributed by atoms with van der Waals surface area (Å²) in [7, 11) is 0. The maximum Gasteiger partial charge on any atom is 0.401 e. The maximum absolute atomic E-state index is 12.0. The summed E-state index contributed by atoms with van der Waals surface area (Å²) >= 11 is 0. The van der Waals surface area contributed by atoms with Crippen molar-refractivity contribution in [2.45, 2.75) is 6.18 Å². The number of rotatable bonds is 5. The molecular formula is C7H10F3N3O4. The van der Waals surface area contributed by atoms with Crippen LogP contribution in [0.1, 0.15) is 0 Å². The number of carboxylic acids is 1. The fourth-order valence-corrected chi connectivity index (χ4v) is 0.993. The molecule has 0 heterocycles. The van der Waals surface area contributed by atoms with Crippen molar-refractivity contribution < 1.29 is 32.7 Å². The van der Waals surface area contributed by atoms with Gasteiger partial charge >= 0.3 is 18.2 Å². The number of carbonyl (C=O) groups excluding carboxylic acids is 2. The molecule has 0 saturated carbocycles. The summed E-state index contributed by atoms with van der Waals surface area (Å²) in [4.78, 5) is 31.7. The Bertz CT molecular complexity index is 318. The molecule has 0 atom stereocenters. The van der Waals surface area contributed by atoms with E-state index in [0.29, 0.717) is 4.90 Å². The van der Waals surface area contributed by atoms with Gasteiger partial charge in [-0.15, -0.1) is 0 Å². The molecule has 10 heteroatoms. The van der Waals surface area contributed by atoms with E-state index in [2.05, 4.69) is 5.73 Å². The van der Waals surface area contributed by atoms with E-state index in [1.165, 1.54) is 5.32 Å². The SMILES string of the molecule is NC(=O)NC(=O)CN(CC(=O)O)CC(F)(F)F. The van der Waals surface area contributed by atoms with E-state index in [1.807, 2.05) is 0 Å². The van der Waals surface area contributed by atoms with Gasteiger partial charge in [0.25, 0.3) is 0 Å². The Morgan fingerprint density at radius 3 is 2.12 bits per heavy atom. The number of nitrogens with two attached hydrogens (primary N) is 1. The van der Waals surface area contributed by atoms with Crippen molar-refractivity contribution in [2.75, 3.05) is 19.6 Å². The molecule has 0 aliphatic rings. The lowest BCUT2D eigenvalue weighted by Crippen LogP contribution is -2.46. The van der Waals surface area contributed by atoms with Crippen LogP contribution in [-0.4, -0.2) is 53.7 Å². The van der Waals surface area contributed by atoms with E-state index in [-0.39, 0.29) is 0 Å². The highest BCUT2D eigenvalue weighted by molar-refractivity contribution is 5.94. The predicted molar refractivity (Wildman–Crippen MR) is 47.9 cm³/mol. The molecule has 0 fully saturated rings. The molecule has 0 bridgehead atoms. The molecule has 0 aliphatic heterocycles. The molecule has 3 amide bonds. The third kappa shape index (κ3) is 9.11. The Labute approximate surface area is 93.4 Å². The van der Waals surface area contributed by atoms with E-state index in [0.717, 1.165) is 0 Å². The van der Waals surface area contributed by atoms with Gasteiger partial charge in [0.1, 0.15) is 0 Å². The molecule has 4 N–H and O–H groups in total. The van der Waals surface area contributed by atoms with Crippen molar-refractivity contribution in [2.24, 2.45) is 5.73 Å². The van der Waals surface area contributed by atoms with Crippen molar-refractivity contribution >= 4 is 17.9 Å². The number of nitrogens with one attached hydrogen (secondary N) is 1. The first-order chi connectivity index (χ1) is 7.60. The summed E-state index contributed by atoms with van der Waals surface area (Å²) in [6.07, 6.45) is -4.65. The molecule has 0 spiro atoms. The zero-order valence-corrected chi connectivity index (χ0v) is 8.45. The molecule has 0 radical (unpaired) electrons. The minimum atomic E-state index is -4.65. The summed E-state index contributed by atoms with van der Waals surface area (Å²) in [6.45, 7) is -3.45. The van der Waals surface area contributed by atoms with E-state index in [4.69, 9.17) is 5.11 Å². The molecule has 0 aliphatic carbocycles. The van der Waals surface area contributed by atoms with Gasteiger partial charge in [-0.05, 0) is 0 Å². The van der Waals surface area contributed by atoms with Gasteiger partial charge in [0.05, 0.1) is 19.6 Å². The van der Waals surface area contributed by atoms with Gasteiger partial charge in [-0.25, -0.2) is 4.79 Å². The first kappa shape index (κ1) is 15.2. The normalized spacial score (nSPS) is 11.3. The van der Waals surface area contributed by atoms with Crippen LogP contribution in [0, 0.1) is 0 Å². The summed E-state index contributed by atoms with van der Waals surface area (Å²) in [5.41, 5.74) is 4.57. The van der Waals surface area contributed by atoms with Gasteiger partial charge in [0.2, 0.25) is 5.91 Å². The van der Waals surface area contributed by atoms with Crippen LogP contribution in [-0.2, 0) is 9.59 Å². The summed E-state index contributed by atoms with van der Waals surface area (Å²) < 4.78 is 36.0. The topological polar surface area (TPSA) is 113 Å². The predicted octanol–water partition coefficient (Wildman–Crippen LogP) is -0.870.